The Morgan fingerprint density at radius 1 is 1.40 bits per heavy atom. The molecule has 0 saturated heterocycles. The van der Waals surface area contributed by atoms with Crippen molar-refractivity contribution in [3.8, 4) is 0 Å². The lowest BCUT2D eigenvalue weighted by atomic mass is 9.77. The number of hydrogen-bond donors (Lipinski definition) is 1. The smallest absolute Gasteiger partial charge is 0.0644 e. The van der Waals surface area contributed by atoms with Crippen LogP contribution in [0.4, 0.5) is 0 Å². The fraction of sp³-hybridized carbons (Fsp3) is 0.750. The molecule has 84 valence electrons. The van der Waals surface area contributed by atoms with E-state index in [1.54, 1.807) is 0 Å². The van der Waals surface area contributed by atoms with Crippen LogP contribution in [0.1, 0.15) is 42.3 Å². The van der Waals surface area contributed by atoms with Crippen molar-refractivity contribution in [2.45, 2.75) is 39.2 Å². The standard InChI is InChI=1S/C12H21N3/c1-8-11(9(2)15(4)14-8)12(13-3)10-6-5-7-10/h10,12-13H,5-7H2,1-4H3. The van der Waals surface area contributed by atoms with Gasteiger partial charge in [-0.25, -0.2) is 0 Å². The minimum absolute atomic E-state index is 0.507. The minimum atomic E-state index is 0.507. The van der Waals surface area contributed by atoms with Crippen molar-refractivity contribution in [3.63, 3.8) is 0 Å². The first-order valence-corrected chi connectivity index (χ1v) is 5.82. The van der Waals surface area contributed by atoms with Gasteiger partial charge in [-0.3, -0.25) is 4.68 Å². The Bertz CT molecular complexity index is 350. The van der Waals surface area contributed by atoms with E-state index in [0.29, 0.717) is 6.04 Å². The number of nitrogens with one attached hydrogen (secondary N) is 1. The number of rotatable bonds is 3. The zero-order valence-corrected chi connectivity index (χ0v) is 10.2. The van der Waals surface area contributed by atoms with Crippen molar-refractivity contribution in [3.05, 3.63) is 17.0 Å². The van der Waals surface area contributed by atoms with Gasteiger partial charge in [-0.15, -0.1) is 0 Å². The third-order valence-electron chi connectivity index (χ3n) is 3.81. The molecule has 0 amide bonds. The Morgan fingerprint density at radius 2 is 2.07 bits per heavy atom. The second-order valence-corrected chi connectivity index (χ2v) is 4.67. The number of aryl methyl sites for hydroxylation is 2. The van der Waals surface area contributed by atoms with Crippen LogP contribution in [0.5, 0.6) is 0 Å². The molecule has 15 heavy (non-hydrogen) atoms. The molecule has 1 aromatic rings. The van der Waals surface area contributed by atoms with E-state index in [4.69, 9.17) is 0 Å². The van der Waals surface area contributed by atoms with Gasteiger partial charge < -0.3 is 5.32 Å². The molecular formula is C12H21N3. The predicted octanol–water partition coefficient (Wildman–Crippen LogP) is 2.10. The van der Waals surface area contributed by atoms with Gasteiger partial charge in [-0.1, -0.05) is 6.42 Å². The van der Waals surface area contributed by atoms with E-state index in [-0.39, 0.29) is 0 Å². The highest BCUT2D eigenvalue weighted by Crippen LogP contribution is 2.39. The molecule has 0 aromatic carbocycles. The van der Waals surface area contributed by atoms with E-state index < -0.39 is 0 Å². The van der Waals surface area contributed by atoms with E-state index in [0.717, 1.165) is 5.92 Å². The van der Waals surface area contributed by atoms with Crippen LogP contribution in [-0.2, 0) is 7.05 Å². The second-order valence-electron chi connectivity index (χ2n) is 4.67. The number of nitrogens with zero attached hydrogens (tertiary/aromatic N) is 2. The zero-order valence-electron chi connectivity index (χ0n) is 10.2. The van der Waals surface area contributed by atoms with Gasteiger partial charge in [0.2, 0.25) is 0 Å². The third kappa shape index (κ3) is 1.69. The zero-order chi connectivity index (χ0) is 11.0. The maximum atomic E-state index is 4.50. The van der Waals surface area contributed by atoms with Gasteiger partial charge in [0.25, 0.3) is 0 Å². The van der Waals surface area contributed by atoms with Crippen LogP contribution in [0.25, 0.3) is 0 Å². The topological polar surface area (TPSA) is 29.9 Å². The number of aromatic nitrogens is 2. The fourth-order valence-corrected chi connectivity index (χ4v) is 2.63. The van der Waals surface area contributed by atoms with Crippen LogP contribution < -0.4 is 5.32 Å². The number of hydrogen-bond acceptors (Lipinski definition) is 2. The van der Waals surface area contributed by atoms with Gasteiger partial charge in [0.15, 0.2) is 0 Å². The molecule has 0 spiro atoms. The Kier molecular flexibility index (Phi) is 2.83. The van der Waals surface area contributed by atoms with Crippen molar-refractivity contribution in [2.75, 3.05) is 7.05 Å². The summed E-state index contributed by atoms with van der Waals surface area (Å²) in [5.74, 6) is 0.816. The van der Waals surface area contributed by atoms with Crippen molar-refractivity contribution < 1.29 is 0 Å². The molecule has 1 aliphatic carbocycles. The van der Waals surface area contributed by atoms with Gasteiger partial charge in [0.05, 0.1) is 5.69 Å². The molecule has 1 fully saturated rings. The van der Waals surface area contributed by atoms with E-state index in [9.17, 15) is 0 Å². The maximum Gasteiger partial charge on any atom is 0.0644 e. The molecule has 0 radical (unpaired) electrons. The average Bonchev–Trinajstić information content (AvgIpc) is 2.35. The quantitative estimate of drug-likeness (QED) is 0.822. The highest BCUT2D eigenvalue weighted by molar-refractivity contribution is 5.29. The van der Waals surface area contributed by atoms with Gasteiger partial charge in [-0.05, 0) is 39.7 Å². The fourth-order valence-electron chi connectivity index (χ4n) is 2.63. The first kappa shape index (κ1) is 10.7. The molecule has 2 rings (SSSR count). The van der Waals surface area contributed by atoms with Crippen molar-refractivity contribution in [1.29, 1.82) is 0 Å². The monoisotopic (exact) mass is 207 g/mol. The second kappa shape index (κ2) is 3.97. The Labute approximate surface area is 91.9 Å². The maximum absolute atomic E-state index is 4.50. The average molecular weight is 207 g/mol. The summed E-state index contributed by atoms with van der Waals surface area (Å²) in [6.45, 7) is 4.28. The largest absolute Gasteiger partial charge is 0.313 e. The van der Waals surface area contributed by atoms with Crippen molar-refractivity contribution in [1.82, 2.24) is 15.1 Å². The summed E-state index contributed by atoms with van der Waals surface area (Å²) < 4.78 is 1.99. The van der Waals surface area contributed by atoms with Gasteiger partial charge in [-0.2, -0.15) is 5.10 Å². The van der Waals surface area contributed by atoms with Crippen LogP contribution >= 0.6 is 0 Å². The van der Waals surface area contributed by atoms with Crippen LogP contribution in [0.15, 0.2) is 0 Å². The van der Waals surface area contributed by atoms with Crippen molar-refractivity contribution in [2.24, 2.45) is 13.0 Å². The molecule has 1 heterocycles. The lowest BCUT2D eigenvalue weighted by Gasteiger charge is -2.34. The first-order valence-electron chi connectivity index (χ1n) is 5.82. The Hall–Kier alpha value is -0.830. The summed E-state index contributed by atoms with van der Waals surface area (Å²) in [6, 6.07) is 0.507. The summed E-state index contributed by atoms with van der Waals surface area (Å²) in [5, 5.41) is 7.96. The first-order chi connectivity index (χ1) is 7.15. The SMILES string of the molecule is CNC(c1c(C)nn(C)c1C)C1CCC1. The molecule has 0 aliphatic heterocycles. The van der Waals surface area contributed by atoms with E-state index in [1.807, 2.05) is 11.7 Å². The lowest BCUT2D eigenvalue weighted by molar-refractivity contribution is 0.238. The van der Waals surface area contributed by atoms with E-state index >= 15 is 0 Å². The molecule has 1 aliphatic rings. The lowest BCUT2D eigenvalue weighted by Crippen LogP contribution is -2.30. The van der Waals surface area contributed by atoms with E-state index in [2.05, 4.69) is 31.3 Å². The summed E-state index contributed by atoms with van der Waals surface area (Å²) >= 11 is 0. The summed E-state index contributed by atoms with van der Waals surface area (Å²) in [6.07, 6.45) is 4.11. The van der Waals surface area contributed by atoms with Crippen LogP contribution in [0, 0.1) is 19.8 Å². The minimum Gasteiger partial charge on any atom is -0.313 e. The predicted molar refractivity (Wildman–Crippen MR) is 61.8 cm³/mol. The van der Waals surface area contributed by atoms with Gasteiger partial charge in [0, 0.05) is 24.3 Å². The Balaban J connectivity index is 2.32. The molecule has 1 N–H and O–H groups in total. The highest BCUT2D eigenvalue weighted by atomic mass is 15.3. The van der Waals surface area contributed by atoms with Crippen LogP contribution in [-0.4, -0.2) is 16.8 Å². The summed E-state index contributed by atoms with van der Waals surface area (Å²) in [7, 11) is 4.09. The molecular weight excluding hydrogens is 186 g/mol. The molecule has 3 nitrogen and oxygen atoms in total. The third-order valence-corrected chi connectivity index (χ3v) is 3.81. The summed E-state index contributed by atoms with van der Waals surface area (Å²) in [5.41, 5.74) is 3.91. The molecule has 1 saturated carbocycles. The van der Waals surface area contributed by atoms with Gasteiger partial charge >= 0.3 is 0 Å². The van der Waals surface area contributed by atoms with Gasteiger partial charge in [0.1, 0.15) is 0 Å². The highest BCUT2D eigenvalue weighted by Gasteiger charge is 2.30. The molecule has 3 heteroatoms. The van der Waals surface area contributed by atoms with Crippen LogP contribution in [0.3, 0.4) is 0 Å². The summed E-state index contributed by atoms with van der Waals surface area (Å²) in [4.78, 5) is 0. The van der Waals surface area contributed by atoms with E-state index in [1.165, 1.54) is 36.2 Å². The molecule has 0 bridgehead atoms. The molecule has 1 unspecified atom stereocenters. The molecule has 1 aromatic heterocycles. The van der Waals surface area contributed by atoms with Crippen LogP contribution in [0.2, 0.25) is 0 Å². The Morgan fingerprint density at radius 3 is 2.40 bits per heavy atom. The normalized spacial score (nSPS) is 18.9. The van der Waals surface area contributed by atoms with Crippen molar-refractivity contribution >= 4 is 0 Å². The molecule has 1 atom stereocenters.